The number of rotatable bonds is 6. The van der Waals surface area contributed by atoms with Crippen molar-refractivity contribution in [2.45, 2.75) is 39.0 Å². The van der Waals surface area contributed by atoms with Gasteiger partial charge in [0.1, 0.15) is 6.16 Å². The van der Waals surface area contributed by atoms with Gasteiger partial charge in [-0.25, -0.2) is 0 Å². The molecular formula is C24H30ClN2OPRu+2. The second-order valence-electron chi connectivity index (χ2n) is 7.61. The summed E-state index contributed by atoms with van der Waals surface area (Å²) in [6, 6.07) is 28.2. The molecule has 0 unspecified atom stereocenters. The summed E-state index contributed by atoms with van der Waals surface area (Å²) in [5, 5.41) is 6.40. The second kappa shape index (κ2) is 14.5. The van der Waals surface area contributed by atoms with E-state index in [9.17, 15) is 0 Å². The molecule has 0 aliphatic heterocycles. The maximum absolute atomic E-state index is 7.75. The third-order valence-electron chi connectivity index (χ3n) is 4.27. The van der Waals surface area contributed by atoms with E-state index in [1.165, 1.54) is 16.3 Å². The Morgan fingerprint density at radius 1 is 0.833 bits per heavy atom. The Morgan fingerprint density at radius 2 is 1.30 bits per heavy atom. The molecule has 1 N–H and O–H groups in total. The molecule has 30 heavy (non-hydrogen) atoms. The van der Waals surface area contributed by atoms with Crippen LogP contribution in [0.4, 0.5) is 0 Å². The number of nitrogens with one attached hydrogen (secondary N) is 1. The minimum absolute atomic E-state index is 0.0979. The number of aromatic nitrogens is 1. The SMILES string of the molecule is CC(C)(C)NCc1cccc(C[PH+](c2ccccc2)c2ccccc2)n1.[CH-]=O.[Cl][RuH+2]. The fourth-order valence-electron chi connectivity index (χ4n) is 2.91. The van der Waals surface area contributed by atoms with Crippen molar-refractivity contribution < 1.29 is 22.1 Å². The number of nitrogens with zero attached hydrogens (tertiary/aromatic N) is 1. The van der Waals surface area contributed by atoms with Gasteiger partial charge in [-0.2, -0.15) is 0 Å². The van der Waals surface area contributed by atoms with Crippen LogP contribution in [0.1, 0.15) is 32.2 Å². The molecule has 3 aromatic rings. The average Bonchev–Trinajstić information content (AvgIpc) is 2.80. The Kier molecular flexibility index (Phi) is 12.9. The summed E-state index contributed by atoms with van der Waals surface area (Å²) in [6.07, 6.45) is 1.00. The van der Waals surface area contributed by atoms with E-state index in [0.717, 1.165) is 18.4 Å². The van der Waals surface area contributed by atoms with Gasteiger partial charge < -0.3 is 10.1 Å². The van der Waals surface area contributed by atoms with Crippen LogP contribution in [-0.4, -0.2) is 17.3 Å². The first kappa shape index (κ1) is 26.6. The zero-order valence-electron chi connectivity index (χ0n) is 17.6. The van der Waals surface area contributed by atoms with Gasteiger partial charge in [0.15, 0.2) is 0 Å². The summed E-state index contributed by atoms with van der Waals surface area (Å²) >= 11 is 1.62. The zero-order chi connectivity index (χ0) is 22.4. The topological polar surface area (TPSA) is 42.0 Å². The first-order valence-electron chi connectivity index (χ1n) is 9.56. The zero-order valence-corrected chi connectivity index (χ0v) is 21.2. The van der Waals surface area contributed by atoms with Crippen molar-refractivity contribution in [2.75, 3.05) is 0 Å². The van der Waals surface area contributed by atoms with Crippen molar-refractivity contribution in [2.24, 2.45) is 0 Å². The van der Waals surface area contributed by atoms with Gasteiger partial charge >= 0.3 is 27.0 Å². The quantitative estimate of drug-likeness (QED) is 0.222. The Bertz CT molecular complexity index is 805. The molecule has 0 fully saturated rings. The Balaban J connectivity index is 0.00000106. The minimum atomic E-state index is -0.894. The van der Waals surface area contributed by atoms with Crippen LogP contribution in [0.5, 0.6) is 0 Å². The molecule has 0 amide bonds. The number of carbonyl (C=O) groups excluding carboxylic acids is 1. The fourth-order valence-corrected chi connectivity index (χ4v) is 5.40. The van der Waals surface area contributed by atoms with E-state index in [-0.39, 0.29) is 5.54 Å². The molecule has 0 aliphatic rings. The van der Waals surface area contributed by atoms with Crippen LogP contribution >= 0.6 is 17.6 Å². The molecule has 3 nitrogen and oxygen atoms in total. The normalized spacial score (nSPS) is 10.5. The molecule has 6 heteroatoms. The van der Waals surface area contributed by atoms with Gasteiger partial charge in [-0.05, 0) is 57.2 Å². The predicted molar refractivity (Wildman–Crippen MR) is 129 cm³/mol. The van der Waals surface area contributed by atoms with Gasteiger partial charge in [0, 0.05) is 12.1 Å². The molecule has 0 atom stereocenters. The summed E-state index contributed by atoms with van der Waals surface area (Å²) in [6.45, 7) is 10.6. The molecule has 1 aromatic heterocycles. The molecule has 0 bridgehead atoms. The fraction of sp³-hybridized carbons (Fsp3) is 0.250. The second-order valence-corrected chi connectivity index (χ2v) is 10.1. The van der Waals surface area contributed by atoms with Crippen LogP contribution in [0.2, 0.25) is 0 Å². The monoisotopic (exact) mass is 530 g/mol. The van der Waals surface area contributed by atoms with E-state index in [0.29, 0.717) is 0 Å². The van der Waals surface area contributed by atoms with E-state index < -0.39 is 7.92 Å². The van der Waals surface area contributed by atoms with Gasteiger partial charge in [-0.3, -0.25) is 11.8 Å². The number of hydrogen-bond acceptors (Lipinski definition) is 3. The average molecular weight is 530 g/mol. The molecule has 0 saturated carbocycles. The molecular weight excluding hydrogens is 500 g/mol. The van der Waals surface area contributed by atoms with Crippen LogP contribution in [0.3, 0.4) is 0 Å². The van der Waals surface area contributed by atoms with Crippen molar-refractivity contribution in [1.82, 2.24) is 10.3 Å². The predicted octanol–water partition coefficient (Wildman–Crippen LogP) is 4.48. The number of pyridine rings is 1. The third-order valence-corrected chi connectivity index (χ3v) is 7.04. The van der Waals surface area contributed by atoms with E-state index in [1.54, 1.807) is 17.3 Å². The number of benzene rings is 2. The van der Waals surface area contributed by atoms with Gasteiger partial charge in [0.05, 0.1) is 29.9 Å². The Morgan fingerprint density at radius 3 is 1.77 bits per heavy atom. The number of halogens is 1. The van der Waals surface area contributed by atoms with Gasteiger partial charge in [-0.1, -0.05) is 42.5 Å². The standard InChI is InChI=1S/C23H27N2P.CHO.ClH.Ru.H/c1-23(2,3)24-17-19-11-10-12-20(25-19)18-26(21-13-6-4-7-14-21)22-15-8-5-9-16-22;1-2;;;/h4-16,24H,17-18H2,1-3H3;1H;1H;;/q;-1;;+3;. The summed E-state index contributed by atoms with van der Waals surface area (Å²) in [7, 11) is 3.71. The first-order valence-corrected chi connectivity index (χ1v) is 13.7. The van der Waals surface area contributed by atoms with E-state index >= 15 is 0 Å². The van der Waals surface area contributed by atoms with Crippen LogP contribution in [-0.2, 0) is 34.8 Å². The first-order chi connectivity index (χ1) is 14.5. The van der Waals surface area contributed by atoms with E-state index in [1.807, 2.05) is 0 Å². The van der Waals surface area contributed by atoms with Crippen molar-refractivity contribution in [3.63, 3.8) is 0 Å². The summed E-state index contributed by atoms with van der Waals surface area (Å²) in [5.41, 5.74) is 2.39. The molecule has 1 heterocycles. The van der Waals surface area contributed by atoms with Gasteiger partial charge in [-0.15, -0.1) is 0 Å². The molecule has 0 aliphatic carbocycles. The van der Waals surface area contributed by atoms with Crippen molar-refractivity contribution in [3.05, 3.63) is 90.3 Å². The van der Waals surface area contributed by atoms with Crippen molar-refractivity contribution in [1.29, 1.82) is 0 Å². The van der Waals surface area contributed by atoms with Crippen LogP contribution < -0.4 is 15.9 Å². The summed E-state index contributed by atoms with van der Waals surface area (Å²) < 4.78 is 0. The molecule has 2 aromatic carbocycles. The molecule has 0 radical (unpaired) electrons. The molecule has 160 valence electrons. The molecule has 0 spiro atoms. The summed E-state index contributed by atoms with van der Waals surface area (Å²) in [4.78, 5) is 12.7. The third kappa shape index (κ3) is 9.58. The Hall–Kier alpha value is -1.44. The van der Waals surface area contributed by atoms with Crippen LogP contribution in [0.25, 0.3) is 0 Å². The van der Waals surface area contributed by atoms with Crippen LogP contribution in [0.15, 0.2) is 78.9 Å². The van der Waals surface area contributed by atoms with Crippen molar-refractivity contribution >= 4 is 35.0 Å². The van der Waals surface area contributed by atoms with Gasteiger partial charge in [0.2, 0.25) is 0 Å². The van der Waals surface area contributed by atoms with Crippen molar-refractivity contribution in [3.8, 4) is 0 Å². The van der Waals surface area contributed by atoms with E-state index in [4.69, 9.17) is 9.78 Å². The molecule has 0 saturated heterocycles. The van der Waals surface area contributed by atoms with E-state index in [2.05, 4.69) is 121 Å². The maximum atomic E-state index is 7.75. The van der Waals surface area contributed by atoms with Gasteiger partial charge in [0.25, 0.3) is 0 Å². The molecule has 3 rings (SSSR count). The Labute approximate surface area is 196 Å². The van der Waals surface area contributed by atoms with Crippen LogP contribution in [0, 0.1) is 0 Å². The summed E-state index contributed by atoms with van der Waals surface area (Å²) in [5.74, 6) is 0. The number of hydrogen-bond donors (Lipinski definition) is 1.